The van der Waals surface area contributed by atoms with Crippen LogP contribution >= 0.6 is 39.1 Å². The molecule has 1 aromatic carbocycles. The Bertz CT molecular complexity index is 1210. The van der Waals surface area contributed by atoms with Crippen LogP contribution in [0.2, 0.25) is 10.0 Å². The Hall–Kier alpha value is -2.29. The van der Waals surface area contributed by atoms with E-state index in [1.807, 2.05) is 19.1 Å². The quantitative estimate of drug-likeness (QED) is 0.192. The maximum absolute atomic E-state index is 13.1. The number of nitrogens with zero attached hydrogens (tertiary/aromatic N) is 2. The summed E-state index contributed by atoms with van der Waals surface area (Å²) in [6.45, 7) is 2.37. The molecule has 0 bridgehead atoms. The minimum absolute atomic E-state index is 0.147. The molecule has 2 aliphatic rings. The van der Waals surface area contributed by atoms with Crippen LogP contribution in [0.1, 0.15) is 67.8 Å². The summed E-state index contributed by atoms with van der Waals surface area (Å²) in [5.41, 5.74) is 1.77. The number of carbonyl (C=O) groups excluding carboxylic acids is 3. The molecule has 0 saturated heterocycles. The van der Waals surface area contributed by atoms with Gasteiger partial charge < -0.3 is 10.1 Å². The molecule has 2 saturated carbocycles. The Balaban J connectivity index is 1.52. The van der Waals surface area contributed by atoms with Crippen LogP contribution in [0.25, 0.3) is 0 Å². The van der Waals surface area contributed by atoms with Gasteiger partial charge in [0.1, 0.15) is 4.83 Å². The van der Waals surface area contributed by atoms with E-state index in [9.17, 15) is 14.4 Å². The van der Waals surface area contributed by atoms with Gasteiger partial charge in [0.25, 0.3) is 5.91 Å². The van der Waals surface area contributed by atoms with E-state index in [0.717, 1.165) is 56.2 Å². The van der Waals surface area contributed by atoms with Gasteiger partial charge in [0, 0.05) is 30.2 Å². The summed E-state index contributed by atoms with van der Waals surface area (Å²) in [6.07, 6.45) is 9.37. The number of aromatic nitrogens is 1. The van der Waals surface area contributed by atoms with Gasteiger partial charge in [-0.2, -0.15) is 0 Å². The number of rotatable bonds is 9. The van der Waals surface area contributed by atoms with Gasteiger partial charge >= 0.3 is 5.97 Å². The second-order valence-electron chi connectivity index (χ2n) is 9.75. The number of unbranched alkanes of at least 4 members (excludes halogenated alkanes) is 1. The molecule has 0 radical (unpaired) electrons. The van der Waals surface area contributed by atoms with E-state index in [2.05, 4.69) is 26.2 Å². The second-order valence-corrected chi connectivity index (χ2v) is 11.5. The average Bonchev–Trinajstić information content (AvgIpc) is 2.91. The number of Topliss-reactive ketones (excluding diaryl/α,β-unsaturated/α-hetero) is 1. The normalized spacial score (nSPS) is 20.2. The number of alkyl halides is 1. The summed E-state index contributed by atoms with van der Waals surface area (Å²) < 4.78 is 5.54. The number of carbonyl (C=O) groups is 3. The van der Waals surface area contributed by atoms with Crippen LogP contribution in [0.5, 0.6) is 0 Å². The third kappa shape index (κ3) is 6.13. The number of benzene rings is 1. The number of nitrogens with one attached hydrogen (secondary N) is 1. The van der Waals surface area contributed by atoms with E-state index in [0.29, 0.717) is 18.7 Å². The molecule has 202 valence electrons. The second kappa shape index (κ2) is 12.7. The highest BCUT2D eigenvalue weighted by atomic mass is 79.9. The molecular formula is C28H30BrCl2N3O4. The molecule has 1 amide bonds. The first kappa shape index (κ1) is 28.7. The lowest BCUT2D eigenvalue weighted by Gasteiger charge is -2.48. The Labute approximate surface area is 240 Å². The zero-order valence-corrected chi connectivity index (χ0v) is 24.2. The highest BCUT2D eigenvalue weighted by Crippen LogP contribution is 2.49. The van der Waals surface area contributed by atoms with E-state index in [-0.39, 0.29) is 21.4 Å². The molecule has 38 heavy (non-hydrogen) atoms. The fraction of sp³-hybridized carbons (Fsp3) is 0.464. The largest absolute Gasteiger partial charge is 0.464 e. The minimum atomic E-state index is -0.760. The molecule has 2 atom stereocenters. The molecule has 7 nitrogen and oxygen atoms in total. The SMILES string of the molecule is CCCCOC(=O)[C@H](Cc1ccc(NC(=O)c2c(Cl)cncc2Cl)cc1)N=C1C(Br)C(=O)C12CCCCC2. The Kier molecular flexibility index (Phi) is 9.60. The molecule has 2 aromatic rings. The molecule has 1 heterocycles. The highest BCUT2D eigenvalue weighted by molar-refractivity contribution is 9.10. The number of anilines is 1. The molecule has 1 N–H and O–H groups in total. The van der Waals surface area contributed by atoms with Gasteiger partial charge in [-0.25, -0.2) is 4.79 Å². The molecule has 2 aliphatic carbocycles. The molecule has 10 heteroatoms. The number of aliphatic imine (C=N–C) groups is 1. The summed E-state index contributed by atoms with van der Waals surface area (Å²) >= 11 is 15.7. The predicted octanol–water partition coefficient (Wildman–Crippen LogP) is 6.63. The number of hydrogen-bond donors (Lipinski definition) is 1. The van der Waals surface area contributed by atoms with Crippen molar-refractivity contribution in [1.82, 2.24) is 4.98 Å². The fourth-order valence-corrected chi connectivity index (χ4v) is 6.57. The van der Waals surface area contributed by atoms with E-state index < -0.39 is 28.2 Å². The van der Waals surface area contributed by atoms with Crippen LogP contribution in [-0.2, 0) is 20.7 Å². The molecule has 1 unspecified atom stereocenters. The van der Waals surface area contributed by atoms with Gasteiger partial charge in [0.15, 0.2) is 11.8 Å². The number of amides is 1. The van der Waals surface area contributed by atoms with Crippen molar-refractivity contribution in [2.24, 2.45) is 10.4 Å². The smallest absolute Gasteiger partial charge is 0.331 e. The van der Waals surface area contributed by atoms with Crippen LogP contribution < -0.4 is 5.32 Å². The summed E-state index contributed by atoms with van der Waals surface area (Å²) in [5, 5.41) is 3.09. The fourth-order valence-electron chi connectivity index (χ4n) is 5.04. The standard InChI is InChI=1S/C28H30BrCl2N3O4/c1-2-3-13-38-27(37)21(34-24-23(29)25(35)28(24)11-5-4-6-12-28)14-17-7-9-18(10-8-17)33-26(36)22-19(30)15-32-16-20(22)31/h7-10,15-16,21,23H,2-6,11-14H2,1H3,(H,33,36)/t21-,23?/m0/s1. The number of esters is 1. The predicted molar refractivity (Wildman–Crippen MR) is 153 cm³/mol. The third-order valence-electron chi connectivity index (χ3n) is 7.17. The number of halogens is 3. The number of ketones is 1. The van der Waals surface area contributed by atoms with E-state index >= 15 is 0 Å². The number of hydrogen-bond acceptors (Lipinski definition) is 6. The van der Waals surface area contributed by atoms with E-state index in [4.69, 9.17) is 32.9 Å². The lowest BCUT2D eigenvalue weighted by molar-refractivity contribution is -0.145. The lowest BCUT2D eigenvalue weighted by Crippen LogP contribution is -2.61. The zero-order chi connectivity index (χ0) is 27.3. The van der Waals surface area contributed by atoms with Crippen molar-refractivity contribution < 1.29 is 19.1 Å². The van der Waals surface area contributed by atoms with E-state index in [1.165, 1.54) is 12.4 Å². The van der Waals surface area contributed by atoms with Crippen LogP contribution in [0.4, 0.5) is 5.69 Å². The molecule has 1 spiro atoms. The topological polar surface area (TPSA) is 97.7 Å². The first-order valence-corrected chi connectivity index (χ1v) is 14.6. The first-order chi connectivity index (χ1) is 18.3. The summed E-state index contributed by atoms with van der Waals surface area (Å²) in [4.78, 5) is 46.9. The van der Waals surface area contributed by atoms with Gasteiger partial charge in [0.2, 0.25) is 0 Å². The van der Waals surface area contributed by atoms with Gasteiger partial charge in [-0.05, 0) is 37.0 Å². The van der Waals surface area contributed by atoms with Crippen LogP contribution in [0.15, 0.2) is 41.7 Å². The van der Waals surface area contributed by atoms with Crippen LogP contribution in [-0.4, -0.2) is 45.8 Å². The maximum Gasteiger partial charge on any atom is 0.331 e. The lowest BCUT2D eigenvalue weighted by atomic mass is 9.58. The third-order valence-corrected chi connectivity index (χ3v) is 8.59. The molecule has 4 rings (SSSR count). The van der Waals surface area contributed by atoms with Gasteiger partial charge in [0.05, 0.1) is 27.6 Å². The Morgan fingerprint density at radius 2 is 1.82 bits per heavy atom. The summed E-state index contributed by atoms with van der Waals surface area (Å²) in [6, 6.07) is 6.37. The summed E-state index contributed by atoms with van der Waals surface area (Å²) in [5.74, 6) is -0.673. The Morgan fingerprint density at radius 1 is 1.16 bits per heavy atom. The Morgan fingerprint density at radius 3 is 2.45 bits per heavy atom. The van der Waals surface area contributed by atoms with Crippen molar-refractivity contribution in [3.8, 4) is 0 Å². The average molecular weight is 623 g/mol. The molecule has 1 aromatic heterocycles. The zero-order valence-electron chi connectivity index (χ0n) is 21.1. The van der Waals surface area contributed by atoms with Crippen LogP contribution in [0, 0.1) is 5.41 Å². The van der Waals surface area contributed by atoms with E-state index in [1.54, 1.807) is 12.1 Å². The van der Waals surface area contributed by atoms with Gasteiger partial charge in [-0.3, -0.25) is 19.6 Å². The monoisotopic (exact) mass is 621 g/mol. The van der Waals surface area contributed by atoms with Crippen molar-refractivity contribution in [2.75, 3.05) is 11.9 Å². The maximum atomic E-state index is 13.1. The van der Waals surface area contributed by atoms with Gasteiger partial charge in [-0.1, -0.05) is 83.9 Å². The van der Waals surface area contributed by atoms with Gasteiger partial charge in [-0.15, -0.1) is 0 Å². The summed E-state index contributed by atoms with van der Waals surface area (Å²) in [7, 11) is 0. The minimum Gasteiger partial charge on any atom is -0.464 e. The van der Waals surface area contributed by atoms with Crippen molar-refractivity contribution in [3.05, 3.63) is 57.8 Å². The molecular weight excluding hydrogens is 593 g/mol. The van der Waals surface area contributed by atoms with Crippen molar-refractivity contribution >= 4 is 68.2 Å². The molecule has 0 aliphatic heterocycles. The van der Waals surface area contributed by atoms with Crippen molar-refractivity contribution in [2.45, 2.75) is 69.2 Å². The van der Waals surface area contributed by atoms with Crippen molar-refractivity contribution in [1.29, 1.82) is 0 Å². The number of pyridine rings is 1. The molecule has 2 fully saturated rings. The highest BCUT2D eigenvalue weighted by Gasteiger charge is 2.58. The van der Waals surface area contributed by atoms with Crippen LogP contribution in [0.3, 0.4) is 0 Å². The van der Waals surface area contributed by atoms with Crippen molar-refractivity contribution in [3.63, 3.8) is 0 Å². The first-order valence-electron chi connectivity index (χ1n) is 12.9. The number of ether oxygens (including phenoxy) is 1.